The van der Waals surface area contributed by atoms with Gasteiger partial charge < -0.3 is 5.32 Å². The molecular formula is C15H25NS. The summed E-state index contributed by atoms with van der Waals surface area (Å²) in [6.07, 6.45) is 9.41. The van der Waals surface area contributed by atoms with Crippen LogP contribution in [0.5, 0.6) is 0 Å². The fourth-order valence-corrected chi connectivity index (χ4v) is 7.03. The molecule has 96 valence electrons. The van der Waals surface area contributed by atoms with Crippen molar-refractivity contribution < 1.29 is 0 Å². The van der Waals surface area contributed by atoms with E-state index < -0.39 is 0 Å². The molecule has 4 bridgehead atoms. The minimum Gasteiger partial charge on any atom is -0.309 e. The smallest absolute Gasteiger partial charge is 0.0217 e. The quantitative estimate of drug-likeness (QED) is 0.767. The van der Waals surface area contributed by atoms with Gasteiger partial charge in [0.2, 0.25) is 0 Å². The molecular weight excluding hydrogens is 226 g/mol. The Hall–Kier alpha value is 0.310. The molecule has 0 aromatic heterocycles. The van der Waals surface area contributed by atoms with Crippen LogP contribution in [0.3, 0.4) is 0 Å². The van der Waals surface area contributed by atoms with Gasteiger partial charge in [0.05, 0.1) is 0 Å². The van der Waals surface area contributed by atoms with Crippen molar-refractivity contribution in [3.05, 3.63) is 0 Å². The van der Waals surface area contributed by atoms with E-state index in [-0.39, 0.29) is 0 Å². The third-order valence-corrected chi connectivity index (χ3v) is 7.27. The summed E-state index contributed by atoms with van der Waals surface area (Å²) < 4.78 is 0. The summed E-state index contributed by atoms with van der Waals surface area (Å²) in [5, 5.41) is 3.95. The molecule has 1 nitrogen and oxygen atoms in total. The van der Waals surface area contributed by atoms with Crippen molar-refractivity contribution in [2.75, 3.05) is 11.5 Å². The van der Waals surface area contributed by atoms with Crippen molar-refractivity contribution >= 4 is 11.8 Å². The van der Waals surface area contributed by atoms with Crippen LogP contribution in [-0.2, 0) is 0 Å². The normalized spacial score (nSPS) is 57.4. The molecule has 0 aromatic rings. The lowest BCUT2D eigenvalue weighted by Gasteiger charge is -2.60. The van der Waals surface area contributed by atoms with E-state index in [1.54, 1.807) is 38.5 Å². The van der Waals surface area contributed by atoms with Gasteiger partial charge in [-0.25, -0.2) is 0 Å². The van der Waals surface area contributed by atoms with Crippen LogP contribution in [0, 0.1) is 23.2 Å². The Labute approximate surface area is 109 Å². The molecule has 1 N–H and O–H groups in total. The molecule has 2 atom stereocenters. The highest BCUT2D eigenvalue weighted by atomic mass is 32.2. The second kappa shape index (κ2) is 3.90. The molecule has 1 aliphatic heterocycles. The first-order valence-electron chi connectivity index (χ1n) is 7.57. The second-order valence-corrected chi connectivity index (χ2v) is 8.51. The SMILES string of the molecule is CC1CSCC(C23CC4CC(CC(C4)C2)C3)N1. The van der Waals surface area contributed by atoms with E-state index in [9.17, 15) is 0 Å². The van der Waals surface area contributed by atoms with Crippen LogP contribution >= 0.6 is 11.8 Å². The number of rotatable bonds is 1. The first-order valence-corrected chi connectivity index (χ1v) is 8.73. The van der Waals surface area contributed by atoms with Crippen molar-refractivity contribution in [1.29, 1.82) is 0 Å². The van der Waals surface area contributed by atoms with E-state index in [0.29, 0.717) is 0 Å². The van der Waals surface area contributed by atoms with Crippen LogP contribution in [-0.4, -0.2) is 23.6 Å². The van der Waals surface area contributed by atoms with E-state index in [2.05, 4.69) is 24.0 Å². The Balaban J connectivity index is 1.59. The first kappa shape index (κ1) is 11.2. The Bertz CT molecular complexity index is 279. The van der Waals surface area contributed by atoms with Gasteiger partial charge >= 0.3 is 0 Å². The van der Waals surface area contributed by atoms with E-state index >= 15 is 0 Å². The Morgan fingerprint density at radius 3 is 2.06 bits per heavy atom. The lowest BCUT2D eigenvalue weighted by atomic mass is 9.48. The lowest BCUT2D eigenvalue weighted by Crippen LogP contribution is -2.60. The van der Waals surface area contributed by atoms with Gasteiger partial charge in [0, 0.05) is 23.6 Å². The zero-order valence-corrected chi connectivity index (χ0v) is 11.8. The topological polar surface area (TPSA) is 12.0 Å². The average molecular weight is 251 g/mol. The Kier molecular flexibility index (Phi) is 2.56. The van der Waals surface area contributed by atoms with Crippen LogP contribution in [0.2, 0.25) is 0 Å². The molecule has 2 heteroatoms. The molecule has 1 saturated heterocycles. The maximum Gasteiger partial charge on any atom is 0.0217 e. The molecule has 0 spiro atoms. The highest BCUT2D eigenvalue weighted by Gasteiger charge is 2.54. The van der Waals surface area contributed by atoms with Crippen molar-refractivity contribution in [2.45, 2.75) is 57.5 Å². The van der Waals surface area contributed by atoms with Crippen molar-refractivity contribution in [3.63, 3.8) is 0 Å². The minimum absolute atomic E-state index is 0.719. The Morgan fingerprint density at radius 2 is 1.53 bits per heavy atom. The molecule has 5 rings (SSSR count). The summed E-state index contributed by atoms with van der Waals surface area (Å²) in [5.41, 5.74) is 0.719. The van der Waals surface area contributed by atoms with E-state index in [0.717, 1.165) is 35.3 Å². The predicted octanol–water partition coefficient (Wildman–Crippen LogP) is 3.30. The van der Waals surface area contributed by atoms with Crippen LogP contribution in [0.25, 0.3) is 0 Å². The zero-order valence-electron chi connectivity index (χ0n) is 11.0. The Morgan fingerprint density at radius 1 is 0.941 bits per heavy atom. The monoisotopic (exact) mass is 251 g/mol. The van der Waals surface area contributed by atoms with Crippen LogP contribution in [0.15, 0.2) is 0 Å². The third kappa shape index (κ3) is 1.78. The molecule has 4 aliphatic carbocycles. The molecule has 1 heterocycles. The molecule has 5 fully saturated rings. The van der Waals surface area contributed by atoms with Gasteiger partial charge in [-0.15, -0.1) is 0 Å². The average Bonchev–Trinajstić information content (AvgIpc) is 2.27. The number of nitrogens with one attached hydrogen (secondary N) is 1. The van der Waals surface area contributed by atoms with Crippen molar-refractivity contribution in [2.24, 2.45) is 23.2 Å². The molecule has 0 radical (unpaired) electrons. The summed E-state index contributed by atoms with van der Waals surface area (Å²) >= 11 is 2.20. The van der Waals surface area contributed by atoms with Gasteiger partial charge in [-0.05, 0) is 68.6 Å². The van der Waals surface area contributed by atoms with Crippen molar-refractivity contribution in [1.82, 2.24) is 5.32 Å². The molecule has 0 aromatic carbocycles. The number of hydrogen-bond acceptors (Lipinski definition) is 2. The lowest BCUT2D eigenvalue weighted by molar-refractivity contribution is -0.0711. The second-order valence-electron chi connectivity index (χ2n) is 7.44. The zero-order chi connectivity index (χ0) is 11.5. The van der Waals surface area contributed by atoms with E-state index in [1.165, 1.54) is 11.5 Å². The number of hydrogen-bond donors (Lipinski definition) is 1. The summed E-state index contributed by atoms with van der Waals surface area (Å²) in [6.45, 7) is 2.37. The fourth-order valence-electron chi connectivity index (χ4n) is 5.76. The molecule has 2 unspecified atom stereocenters. The summed E-state index contributed by atoms with van der Waals surface area (Å²) in [4.78, 5) is 0. The van der Waals surface area contributed by atoms with Crippen LogP contribution < -0.4 is 5.32 Å². The fraction of sp³-hybridized carbons (Fsp3) is 1.00. The van der Waals surface area contributed by atoms with Gasteiger partial charge in [-0.3, -0.25) is 0 Å². The standard InChI is InChI=1S/C15H25NS/c1-10-8-17-9-14(16-10)15-5-11-2-12(6-15)4-13(3-11)7-15/h10-14,16H,2-9H2,1H3. The van der Waals surface area contributed by atoms with Gasteiger partial charge in [0.25, 0.3) is 0 Å². The maximum absolute atomic E-state index is 3.95. The molecule has 5 aliphatic rings. The first-order chi connectivity index (χ1) is 8.23. The van der Waals surface area contributed by atoms with Gasteiger partial charge in [0.15, 0.2) is 0 Å². The highest BCUT2D eigenvalue weighted by Crippen LogP contribution is 2.61. The predicted molar refractivity (Wildman–Crippen MR) is 74.3 cm³/mol. The van der Waals surface area contributed by atoms with Gasteiger partial charge in [-0.1, -0.05) is 0 Å². The molecule has 17 heavy (non-hydrogen) atoms. The highest BCUT2D eigenvalue weighted by molar-refractivity contribution is 7.99. The third-order valence-electron chi connectivity index (χ3n) is 5.96. The number of thioether (sulfide) groups is 1. The largest absolute Gasteiger partial charge is 0.309 e. The minimum atomic E-state index is 0.719. The summed E-state index contributed by atoms with van der Waals surface area (Å²) in [6, 6.07) is 1.58. The molecule has 0 amide bonds. The van der Waals surface area contributed by atoms with E-state index in [1.807, 2.05) is 0 Å². The maximum atomic E-state index is 3.95. The molecule has 4 saturated carbocycles. The van der Waals surface area contributed by atoms with Crippen LogP contribution in [0.4, 0.5) is 0 Å². The summed E-state index contributed by atoms with van der Waals surface area (Å²) in [5.74, 6) is 6.01. The van der Waals surface area contributed by atoms with Crippen LogP contribution in [0.1, 0.15) is 45.4 Å². The van der Waals surface area contributed by atoms with Gasteiger partial charge in [-0.2, -0.15) is 11.8 Å². The van der Waals surface area contributed by atoms with Gasteiger partial charge in [0.1, 0.15) is 0 Å². The summed E-state index contributed by atoms with van der Waals surface area (Å²) in [7, 11) is 0. The van der Waals surface area contributed by atoms with E-state index in [4.69, 9.17) is 0 Å². The van der Waals surface area contributed by atoms with Crippen molar-refractivity contribution in [3.8, 4) is 0 Å².